The minimum absolute atomic E-state index is 0.117. The fourth-order valence-electron chi connectivity index (χ4n) is 4.32. The summed E-state index contributed by atoms with van der Waals surface area (Å²) >= 11 is 0. The molecule has 0 bridgehead atoms. The number of nitrogens with zero attached hydrogens (tertiary/aromatic N) is 1. The Bertz CT molecular complexity index is 1040. The van der Waals surface area contributed by atoms with Gasteiger partial charge in [-0.3, -0.25) is 9.10 Å². The van der Waals surface area contributed by atoms with Crippen molar-refractivity contribution in [1.29, 1.82) is 0 Å². The molecule has 1 aliphatic rings. The lowest BCUT2D eigenvalue weighted by Gasteiger charge is -2.31. The number of rotatable bonds is 8. The second-order valence-electron chi connectivity index (χ2n) is 8.14. The van der Waals surface area contributed by atoms with Gasteiger partial charge in [-0.15, -0.1) is 0 Å². The summed E-state index contributed by atoms with van der Waals surface area (Å²) in [5.41, 5.74) is 3.59. The highest BCUT2D eigenvalue weighted by Gasteiger charge is 2.34. The van der Waals surface area contributed by atoms with Gasteiger partial charge < -0.3 is 5.32 Å². The van der Waals surface area contributed by atoms with Crippen molar-refractivity contribution in [2.75, 3.05) is 10.6 Å². The average molecular weight is 447 g/mol. The fourth-order valence-corrected chi connectivity index (χ4v) is 5.54. The summed E-state index contributed by atoms with van der Waals surface area (Å²) in [6, 6.07) is 10.7. The number of carbonyl (C=O) groups is 1. The average Bonchev–Trinajstić information content (AvgIpc) is 2.75. The number of para-hydroxylation sites is 1. The first-order chi connectivity index (χ1) is 14.8. The highest BCUT2D eigenvalue weighted by Crippen LogP contribution is 2.28. The number of benzene rings is 2. The van der Waals surface area contributed by atoms with E-state index in [-0.39, 0.29) is 18.2 Å². The van der Waals surface area contributed by atoms with E-state index in [4.69, 9.17) is 0 Å². The number of nitrogens with one attached hydrogen (secondary N) is 1. The van der Waals surface area contributed by atoms with Gasteiger partial charge in [0.15, 0.2) is 0 Å². The van der Waals surface area contributed by atoms with Gasteiger partial charge in [-0.25, -0.2) is 12.8 Å². The number of fused-ring (bicyclic) bond motifs is 1. The Hall–Kier alpha value is -2.41. The summed E-state index contributed by atoms with van der Waals surface area (Å²) in [6.07, 6.45) is 6.38. The molecule has 0 spiro atoms. The lowest BCUT2D eigenvalue weighted by Crippen LogP contribution is -2.50. The van der Waals surface area contributed by atoms with Crippen molar-refractivity contribution in [3.63, 3.8) is 0 Å². The molecule has 2 aromatic carbocycles. The molecular formula is C24H31FN2O3S. The smallest absolute Gasteiger partial charge is 0.244 e. The van der Waals surface area contributed by atoms with Crippen LogP contribution in [0.15, 0.2) is 42.5 Å². The summed E-state index contributed by atoms with van der Waals surface area (Å²) in [5.74, 6) is -1.11. The minimum Gasteiger partial charge on any atom is -0.347 e. The van der Waals surface area contributed by atoms with Gasteiger partial charge in [-0.2, -0.15) is 0 Å². The van der Waals surface area contributed by atoms with E-state index in [1.807, 2.05) is 13.0 Å². The van der Waals surface area contributed by atoms with E-state index in [0.29, 0.717) is 6.42 Å². The maximum absolute atomic E-state index is 14.4. The van der Waals surface area contributed by atoms with E-state index in [2.05, 4.69) is 17.4 Å². The second kappa shape index (κ2) is 9.81. The van der Waals surface area contributed by atoms with Gasteiger partial charge in [0.25, 0.3) is 0 Å². The maximum atomic E-state index is 14.4. The van der Waals surface area contributed by atoms with Gasteiger partial charge in [0.2, 0.25) is 15.9 Å². The predicted octanol–water partition coefficient (Wildman–Crippen LogP) is 4.52. The monoisotopic (exact) mass is 446 g/mol. The summed E-state index contributed by atoms with van der Waals surface area (Å²) in [6.45, 7) is 3.71. The third-order valence-electron chi connectivity index (χ3n) is 5.92. The Kier molecular flexibility index (Phi) is 7.36. The molecule has 3 rings (SSSR count). The molecule has 1 amide bonds. The van der Waals surface area contributed by atoms with Gasteiger partial charge in [0.05, 0.1) is 18.0 Å². The van der Waals surface area contributed by atoms with Crippen LogP contribution < -0.4 is 9.62 Å². The van der Waals surface area contributed by atoms with Crippen LogP contribution in [0, 0.1) is 5.82 Å². The fraction of sp³-hybridized carbons (Fsp3) is 0.458. The van der Waals surface area contributed by atoms with Gasteiger partial charge >= 0.3 is 0 Å². The Morgan fingerprint density at radius 3 is 2.35 bits per heavy atom. The van der Waals surface area contributed by atoms with Gasteiger partial charge in [-0.05, 0) is 67.3 Å². The van der Waals surface area contributed by atoms with Crippen LogP contribution in [0.25, 0.3) is 0 Å². The standard InChI is InChI=1S/C24H31FN2O3S/c1-4-21(19-15-14-17-10-6-7-11-18(17)16-19)26-24(28)22(5-2)27(31(3,29)30)23-13-9-8-12-20(23)25/h8-9,12-16,21-22H,4-7,10-11H2,1-3H3,(H,26,28)/t21-,22+/m1/s1. The van der Waals surface area contributed by atoms with Crippen molar-refractivity contribution in [1.82, 2.24) is 5.32 Å². The van der Waals surface area contributed by atoms with Crippen LogP contribution in [-0.4, -0.2) is 26.6 Å². The molecule has 0 aliphatic heterocycles. The van der Waals surface area contributed by atoms with E-state index in [1.165, 1.54) is 42.2 Å². The normalized spacial score (nSPS) is 15.6. The molecule has 0 fully saturated rings. The zero-order valence-electron chi connectivity index (χ0n) is 18.4. The lowest BCUT2D eigenvalue weighted by molar-refractivity contribution is -0.123. The highest BCUT2D eigenvalue weighted by molar-refractivity contribution is 7.92. The summed E-state index contributed by atoms with van der Waals surface area (Å²) in [4.78, 5) is 13.2. The molecule has 0 saturated heterocycles. The van der Waals surface area contributed by atoms with Gasteiger partial charge in [0.1, 0.15) is 11.9 Å². The number of hydrogen-bond acceptors (Lipinski definition) is 3. The number of amides is 1. The topological polar surface area (TPSA) is 66.5 Å². The van der Waals surface area contributed by atoms with E-state index in [0.717, 1.165) is 29.0 Å². The first-order valence-electron chi connectivity index (χ1n) is 10.9. The number of sulfonamides is 1. The molecule has 7 heteroatoms. The third kappa shape index (κ3) is 5.26. The molecule has 31 heavy (non-hydrogen) atoms. The first kappa shape index (κ1) is 23.3. The molecule has 0 unspecified atom stereocenters. The van der Waals surface area contributed by atoms with Crippen LogP contribution in [0.2, 0.25) is 0 Å². The van der Waals surface area contributed by atoms with Crippen LogP contribution in [0.5, 0.6) is 0 Å². The summed E-state index contributed by atoms with van der Waals surface area (Å²) in [7, 11) is -3.88. The predicted molar refractivity (Wildman–Crippen MR) is 122 cm³/mol. The zero-order valence-corrected chi connectivity index (χ0v) is 19.2. The van der Waals surface area contributed by atoms with Crippen LogP contribution in [0.1, 0.15) is 62.3 Å². The van der Waals surface area contributed by atoms with Crippen molar-refractivity contribution >= 4 is 21.6 Å². The zero-order chi connectivity index (χ0) is 22.6. The summed E-state index contributed by atoms with van der Waals surface area (Å²) < 4.78 is 40.5. The van der Waals surface area contributed by atoms with E-state index in [9.17, 15) is 17.6 Å². The van der Waals surface area contributed by atoms with Crippen molar-refractivity contribution in [2.24, 2.45) is 0 Å². The van der Waals surface area contributed by atoms with Crippen LogP contribution in [-0.2, 0) is 27.7 Å². The van der Waals surface area contributed by atoms with Gasteiger partial charge in [-0.1, -0.05) is 44.2 Å². The SMILES string of the molecule is CC[C@@H](NC(=O)[C@H](CC)N(c1ccccc1F)S(C)(=O)=O)c1ccc2c(c1)CCCC2. The van der Waals surface area contributed by atoms with Crippen molar-refractivity contribution < 1.29 is 17.6 Å². The van der Waals surface area contributed by atoms with Crippen LogP contribution in [0.3, 0.4) is 0 Å². The molecule has 0 radical (unpaired) electrons. The largest absolute Gasteiger partial charge is 0.347 e. The lowest BCUT2D eigenvalue weighted by atomic mass is 9.88. The highest BCUT2D eigenvalue weighted by atomic mass is 32.2. The molecule has 1 N–H and O–H groups in total. The number of halogens is 1. The molecule has 2 atom stereocenters. The van der Waals surface area contributed by atoms with Crippen LogP contribution >= 0.6 is 0 Å². The molecule has 0 saturated carbocycles. The van der Waals surface area contributed by atoms with Gasteiger partial charge in [0, 0.05) is 0 Å². The quantitative estimate of drug-likeness (QED) is 0.649. The second-order valence-corrected chi connectivity index (χ2v) is 10.00. The number of carbonyl (C=O) groups excluding carboxylic acids is 1. The summed E-state index contributed by atoms with van der Waals surface area (Å²) in [5, 5.41) is 3.02. The molecule has 2 aromatic rings. The van der Waals surface area contributed by atoms with E-state index in [1.54, 1.807) is 13.0 Å². The number of anilines is 1. The van der Waals surface area contributed by atoms with E-state index < -0.39 is 27.8 Å². The Morgan fingerprint density at radius 2 is 1.74 bits per heavy atom. The minimum atomic E-state index is -3.88. The Balaban J connectivity index is 1.88. The van der Waals surface area contributed by atoms with Crippen molar-refractivity contribution in [2.45, 2.75) is 64.5 Å². The first-order valence-corrected chi connectivity index (χ1v) is 12.8. The van der Waals surface area contributed by atoms with Crippen LogP contribution in [0.4, 0.5) is 10.1 Å². The third-order valence-corrected chi connectivity index (χ3v) is 7.09. The molecule has 0 heterocycles. The maximum Gasteiger partial charge on any atom is 0.244 e. The molecule has 1 aliphatic carbocycles. The Morgan fingerprint density at radius 1 is 1.06 bits per heavy atom. The molecule has 168 valence electrons. The Labute approximate surface area is 184 Å². The molecular weight excluding hydrogens is 415 g/mol. The number of hydrogen-bond donors (Lipinski definition) is 1. The number of aryl methyl sites for hydroxylation is 2. The van der Waals surface area contributed by atoms with Crippen molar-refractivity contribution in [3.8, 4) is 0 Å². The molecule has 0 aromatic heterocycles. The van der Waals surface area contributed by atoms with Crippen molar-refractivity contribution in [3.05, 3.63) is 65.0 Å². The van der Waals surface area contributed by atoms with E-state index >= 15 is 0 Å². The molecule has 5 nitrogen and oxygen atoms in total.